The first kappa shape index (κ1) is 32.6. The number of piperazine rings is 1. The number of nitrogens with one attached hydrogen (secondary N) is 1. The van der Waals surface area contributed by atoms with Crippen LogP contribution in [0.25, 0.3) is 16.9 Å². The Balaban J connectivity index is 1.97. The number of hydrogen-bond donors (Lipinski definition) is 1. The predicted molar refractivity (Wildman–Crippen MR) is 177 cm³/mol. The third-order valence-electron chi connectivity index (χ3n) is 7.90. The summed E-state index contributed by atoms with van der Waals surface area (Å²) < 4.78 is 1.56. The molecule has 4 rings (SSSR count). The van der Waals surface area contributed by atoms with E-state index in [4.69, 9.17) is 21.6 Å². The lowest BCUT2D eigenvalue weighted by Gasteiger charge is -2.41. The highest BCUT2D eigenvalue weighted by molar-refractivity contribution is 6.33. The molecule has 2 aromatic heterocycles. The minimum absolute atomic E-state index is 0.0948. The molecular formula is C33H41ClN8O2. The fourth-order valence-electron chi connectivity index (χ4n) is 5.32. The lowest BCUT2D eigenvalue weighted by Crippen LogP contribution is -2.55. The minimum atomic E-state index is -0.106. The zero-order valence-electron chi connectivity index (χ0n) is 26.1. The van der Waals surface area contributed by atoms with Gasteiger partial charge in [-0.3, -0.25) is 9.59 Å². The van der Waals surface area contributed by atoms with Crippen LogP contribution in [0.1, 0.15) is 59.4 Å². The van der Waals surface area contributed by atoms with Crippen LogP contribution in [0.5, 0.6) is 0 Å². The maximum atomic E-state index is 12.5. The van der Waals surface area contributed by atoms with E-state index in [2.05, 4.69) is 73.9 Å². The van der Waals surface area contributed by atoms with E-state index in [1.54, 1.807) is 15.6 Å². The molecule has 2 amide bonds. The summed E-state index contributed by atoms with van der Waals surface area (Å²) in [5.74, 6) is 1.31. The molecule has 0 radical (unpaired) electrons. The van der Waals surface area contributed by atoms with E-state index >= 15 is 0 Å². The van der Waals surface area contributed by atoms with E-state index in [1.165, 1.54) is 6.08 Å². The van der Waals surface area contributed by atoms with Crippen molar-refractivity contribution in [2.75, 3.05) is 25.0 Å². The van der Waals surface area contributed by atoms with Crippen LogP contribution in [-0.2, 0) is 9.59 Å². The van der Waals surface area contributed by atoms with Crippen LogP contribution in [0.2, 0.25) is 5.02 Å². The summed E-state index contributed by atoms with van der Waals surface area (Å²) in [5.41, 5.74) is 4.10. The monoisotopic (exact) mass is 616 g/mol. The summed E-state index contributed by atoms with van der Waals surface area (Å²) in [4.78, 5) is 38.6. The minimum Gasteiger partial charge on any atom is -0.350 e. The van der Waals surface area contributed by atoms with Gasteiger partial charge in [-0.15, -0.1) is 5.10 Å². The number of aliphatic imine (C=N–C) groups is 1. The van der Waals surface area contributed by atoms with Crippen molar-refractivity contribution in [1.29, 1.82) is 0 Å². The number of fused-ring (bicyclic) bond motifs is 1. The zero-order chi connectivity index (χ0) is 31.8. The van der Waals surface area contributed by atoms with Gasteiger partial charge in [0.1, 0.15) is 17.2 Å². The Bertz CT molecular complexity index is 1610. The average Bonchev–Trinajstić information content (AvgIpc) is 3.47. The summed E-state index contributed by atoms with van der Waals surface area (Å²) in [7, 11) is 0. The van der Waals surface area contributed by atoms with Crippen LogP contribution in [0.3, 0.4) is 0 Å². The first-order valence-corrected chi connectivity index (χ1v) is 15.5. The number of hydrogen-bond acceptors (Lipinski definition) is 6. The van der Waals surface area contributed by atoms with Gasteiger partial charge in [-0.1, -0.05) is 75.4 Å². The van der Waals surface area contributed by atoms with Gasteiger partial charge in [0.15, 0.2) is 5.82 Å². The molecule has 0 aliphatic carbocycles. The summed E-state index contributed by atoms with van der Waals surface area (Å²) >= 11 is 6.95. The number of para-hydroxylation sites is 1. The van der Waals surface area contributed by atoms with Crippen LogP contribution in [0.15, 0.2) is 71.4 Å². The zero-order valence-corrected chi connectivity index (χ0v) is 26.9. The Morgan fingerprint density at radius 1 is 1.25 bits per heavy atom. The number of pyridine rings is 1. The molecule has 1 aliphatic rings. The van der Waals surface area contributed by atoms with Crippen molar-refractivity contribution in [3.8, 4) is 5.82 Å². The van der Waals surface area contributed by atoms with Gasteiger partial charge < -0.3 is 15.1 Å². The van der Waals surface area contributed by atoms with Gasteiger partial charge in [-0.05, 0) is 62.0 Å². The van der Waals surface area contributed by atoms with E-state index in [9.17, 15) is 9.59 Å². The number of halogens is 1. The van der Waals surface area contributed by atoms with E-state index in [0.717, 1.165) is 36.0 Å². The molecule has 10 nitrogen and oxygen atoms in total. The van der Waals surface area contributed by atoms with E-state index < -0.39 is 0 Å². The van der Waals surface area contributed by atoms with Gasteiger partial charge in [-0.25, -0.2) is 9.98 Å². The van der Waals surface area contributed by atoms with Gasteiger partial charge >= 0.3 is 0 Å². The Hall–Kier alpha value is -4.31. The third-order valence-corrected chi connectivity index (χ3v) is 8.18. The quantitative estimate of drug-likeness (QED) is 0.0906. The van der Waals surface area contributed by atoms with E-state index in [-0.39, 0.29) is 17.9 Å². The topological polar surface area (TPSA) is 109 Å². The van der Waals surface area contributed by atoms with Crippen LogP contribution >= 0.6 is 11.6 Å². The molecule has 1 saturated heterocycles. The number of aromatic nitrogens is 4. The second-order valence-electron chi connectivity index (χ2n) is 10.8. The predicted octanol–water partition coefficient (Wildman–Crippen LogP) is 6.18. The van der Waals surface area contributed by atoms with Gasteiger partial charge in [0.2, 0.25) is 12.3 Å². The molecule has 1 aromatic carbocycles. The first-order valence-electron chi connectivity index (χ1n) is 15.2. The van der Waals surface area contributed by atoms with Crippen molar-refractivity contribution in [1.82, 2.24) is 29.8 Å². The van der Waals surface area contributed by atoms with Gasteiger partial charge in [0.05, 0.1) is 16.1 Å². The van der Waals surface area contributed by atoms with Crippen LogP contribution < -0.4 is 5.32 Å². The number of nitrogens with zero attached hydrogens (tertiary/aromatic N) is 7. The van der Waals surface area contributed by atoms with Crippen molar-refractivity contribution in [3.05, 3.63) is 77.0 Å². The molecule has 1 fully saturated rings. The molecule has 0 bridgehead atoms. The van der Waals surface area contributed by atoms with Crippen molar-refractivity contribution in [3.63, 3.8) is 0 Å². The number of allylic oxidation sites excluding steroid dienone is 4. The molecule has 1 aliphatic heterocycles. The smallest absolute Gasteiger partial charge is 0.246 e. The molecule has 2 unspecified atom stereocenters. The first-order chi connectivity index (χ1) is 21.3. The fraction of sp³-hybridized carbons (Fsp3) is 0.394. The molecule has 0 spiro atoms. The number of amides is 2. The van der Waals surface area contributed by atoms with Gasteiger partial charge in [0.25, 0.3) is 0 Å². The highest BCUT2D eigenvalue weighted by atomic mass is 35.5. The standard InChI is InChI=1S/C33H41ClN8O2/c1-7-11-14-24(9-3)30(22(5)8-2)36-32(41-18-17-40(20-23(41)6)29(44)10-4)25-19-26(34)33(37-31(25)35-21-43)42-28-16-13-12-15-27(28)38-39-42/h10-16,19,21-23H,4,7-9,17-18,20H2,1-3,5-6H3,(H,35,37,43)/b14-11-,30-24+,36-32?. The molecule has 3 heterocycles. The molecule has 11 heteroatoms. The third kappa shape index (κ3) is 6.91. The molecular weight excluding hydrogens is 576 g/mol. The second kappa shape index (κ2) is 14.9. The number of rotatable bonds is 11. The average molecular weight is 617 g/mol. The van der Waals surface area contributed by atoms with E-state index in [1.807, 2.05) is 24.3 Å². The summed E-state index contributed by atoms with van der Waals surface area (Å²) in [6, 6.07) is 9.19. The Labute approximate surface area is 264 Å². The molecule has 3 aromatic rings. The summed E-state index contributed by atoms with van der Waals surface area (Å²) in [6.45, 7) is 15.8. The van der Waals surface area contributed by atoms with Gasteiger partial charge in [0, 0.05) is 31.4 Å². The largest absolute Gasteiger partial charge is 0.350 e. The van der Waals surface area contributed by atoms with E-state index in [0.29, 0.717) is 59.6 Å². The van der Waals surface area contributed by atoms with Crippen LogP contribution in [-0.4, -0.2) is 73.6 Å². The highest BCUT2D eigenvalue weighted by Gasteiger charge is 2.31. The lowest BCUT2D eigenvalue weighted by molar-refractivity contribution is -0.128. The normalized spacial score (nSPS) is 17.1. The summed E-state index contributed by atoms with van der Waals surface area (Å²) in [6.07, 6.45) is 8.85. The van der Waals surface area contributed by atoms with Crippen molar-refractivity contribution < 1.29 is 9.59 Å². The van der Waals surface area contributed by atoms with Crippen molar-refractivity contribution in [2.45, 2.75) is 59.9 Å². The molecule has 232 valence electrons. The fourth-order valence-corrected chi connectivity index (χ4v) is 5.55. The molecule has 44 heavy (non-hydrogen) atoms. The molecule has 0 saturated carbocycles. The lowest BCUT2D eigenvalue weighted by atomic mass is 9.97. The van der Waals surface area contributed by atoms with Crippen molar-refractivity contribution in [2.24, 2.45) is 10.9 Å². The number of anilines is 1. The van der Waals surface area contributed by atoms with Crippen molar-refractivity contribution >= 4 is 46.6 Å². The number of carbonyl (C=O) groups is 2. The summed E-state index contributed by atoms with van der Waals surface area (Å²) in [5, 5.41) is 11.6. The Kier molecular flexibility index (Phi) is 11.1. The molecule has 1 N–H and O–H groups in total. The van der Waals surface area contributed by atoms with Gasteiger partial charge in [-0.2, -0.15) is 4.68 Å². The number of benzene rings is 1. The number of carbonyl (C=O) groups excluding carboxylic acids is 2. The number of amidine groups is 1. The maximum absolute atomic E-state index is 12.5. The SMILES string of the molecule is C=CC(=O)N1CCN(C(=N/C(=C(/C=C\CC)CC)C(C)CC)c2cc(Cl)c(-n3nnc4ccccc43)nc2NC=O)C(C)C1. The van der Waals surface area contributed by atoms with Crippen LogP contribution in [0.4, 0.5) is 5.82 Å². The van der Waals surface area contributed by atoms with Crippen LogP contribution in [0, 0.1) is 5.92 Å². The maximum Gasteiger partial charge on any atom is 0.246 e. The molecule has 2 atom stereocenters. The highest BCUT2D eigenvalue weighted by Crippen LogP contribution is 2.31. The Morgan fingerprint density at radius 3 is 2.68 bits per heavy atom. The Morgan fingerprint density at radius 2 is 2.02 bits per heavy atom. The second-order valence-corrected chi connectivity index (χ2v) is 11.2.